The van der Waals surface area contributed by atoms with Gasteiger partial charge in [0, 0.05) is 12.1 Å². The van der Waals surface area contributed by atoms with Gasteiger partial charge in [-0.25, -0.2) is 0 Å². The van der Waals surface area contributed by atoms with Gasteiger partial charge in [-0.05, 0) is 17.6 Å². The molecule has 0 radical (unpaired) electrons. The summed E-state index contributed by atoms with van der Waals surface area (Å²) in [5, 5.41) is 2.92. The Morgan fingerprint density at radius 2 is 1.75 bits per heavy atom. The van der Waals surface area contributed by atoms with E-state index in [0.717, 1.165) is 0 Å². The molecule has 0 atom stereocenters. The molecule has 0 fully saturated rings. The first kappa shape index (κ1) is 12.5. The number of hydrogen-bond acceptors (Lipinski definition) is 1. The summed E-state index contributed by atoms with van der Waals surface area (Å²) in [7, 11) is 0. The van der Waals surface area contributed by atoms with E-state index in [1.807, 2.05) is 42.5 Å². The number of carbonyl (C=O) groups is 1. The first-order valence-corrected chi connectivity index (χ1v) is 5.49. The van der Waals surface area contributed by atoms with Crippen molar-refractivity contribution in [1.82, 2.24) is 5.32 Å². The molecule has 0 saturated carbocycles. The minimum absolute atomic E-state index is 0.0221. The molecule has 0 bridgehead atoms. The van der Waals surface area contributed by atoms with Crippen molar-refractivity contribution in [3.05, 3.63) is 48.1 Å². The molecule has 1 N–H and O–H groups in total. The largest absolute Gasteiger partial charge is 0.352 e. The van der Waals surface area contributed by atoms with Gasteiger partial charge in [0.25, 0.3) is 5.91 Å². The molecule has 1 aliphatic carbocycles. The smallest absolute Gasteiger partial charge is 0.251 e. The van der Waals surface area contributed by atoms with Crippen LogP contribution in [0.15, 0.2) is 48.1 Å². The molecule has 0 saturated heterocycles. The van der Waals surface area contributed by atoms with Crippen LogP contribution in [0.3, 0.4) is 0 Å². The van der Waals surface area contributed by atoms with Gasteiger partial charge in [-0.15, -0.1) is 0 Å². The van der Waals surface area contributed by atoms with E-state index < -0.39 is 0 Å². The quantitative estimate of drug-likeness (QED) is 0.757. The lowest BCUT2D eigenvalue weighted by Gasteiger charge is -2.18. The van der Waals surface area contributed by atoms with Crippen LogP contribution in [0.4, 0.5) is 0 Å². The van der Waals surface area contributed by atoms with Crippen LogP contribution in [-0.2, 0) is 4.79 Å². The molecule has 0 aromatic heterocycles. The maximum absolute atomic E-state index is 11.8. The average Bonchev–Trinajstić information content (AvgIpc) is 2.12. The second-order valence-corrected chi connectivity index (χ2v) is 4.99. The standard InChI is InChI=1S/C14H19NO/c1-14(2,3)11-15-13(16)12-9-7-5-4-6-8-10-12/h4-10H,11H2,1-3H3,(H,15,16)/b5-4-,6-4?,7-5?,8-6-,9-7?,10-8?,12-9?,12-10?. The first-order chi connectivity index (χ1) is 7.49. The van der Waals surface area contributed by atoms with Gasteiger partial charge in [0.2, 0.25) is 0 Å². The molecule has 1 rings (SSSR count). The number of rotatable bonds is 2. The molecule has 0 aliphatic heterocycles. The number of nitrogens with one attached hydrogen (secondary N) is 1. The molecule has 1 aliphatic rings. The Morgan fingerprint density at radius 3 is 2.44 bits per heavy atom. The predicted molar refractivity (Wildman–Crippen MR) is 68.0 cm³/mol. The normalized spacial score (nSPS) is 19.3. The van der Waals surface area contributed by atoms with Gasteiger partial charge >= 0.3 is 0 Å². The minimum atomic E-state index is -0.0221. The van der Waals surface area contributed by atoms with Crippen molar-refractivity contribution in [2.75, 3.05) is 6.54 Å². The summed E-state index contributed by atoms with van der Waals surface area (Å²) < 4.78 is 0. The van der Waals surface area contributed by atoms with E-state index in [9.17, 15) is 4.79 Å². The van der Waals surface area contributed by atoms with Crippen molar-refractivity contribution in [3.63, 3.8) is 0 Å². The highest BCUT2D eigenvalue weighted by molar-refractivity contribution is 5.96. The van der Waals surface area contributed by atoms with E-state index in [-0.39, 0.29) is 11.3 Å². The van der Waals surface area contributed by atoms with Crippen LogP contribution in [0.25, 0.3) is 0 Å². The molecular formula is C14H19NO. The lowest BCUT2D eigenvalue weighted by atomic mass is 9.97. The van der Waals surface area contributed by atoms with Crippen LogP contribution < -0.4 is 5.32 Å². The molecule has 0 spiro atoms. The zero-order valence-corrected chi connectivity index (χ0v) is 10.2. The van der Waals surface area contributed by atoms with Crippen molar-refractivity contribution in [1.29, 1.82) is 0 Å². The molecule has 0 heterocycles. The van der Waals surface area contributed by atoms with E-state index in [2.05, 4.69) is 26.1 Å². The molecule has 0 aromatic rings. The Bertz CT molecular complexity index is 365. The van der Waals surface area contributed by atoms with Crippen molar-refractivity contribution in [2.45, 2.75) is 20.8 Å². The Balaban J connectivity index is 2.60. The van der Waals surface area contributed by atoms with Gasteiger partial charge in [0.05, 0.1) is 0 Å². The Hall–Kier alpha value is -1.57. The van der Waals surface area contributed by atoms with E-state index in [0.29, 0.717) is 12.1 Å². The van der Waals surface area contributed by atoms with E-state index in [1.54, 1.807) is 0 Å². The minimum Gasteiger partial charge on any atom is -0.352 e. The summed E-state index contributed by atoms with van der Waals surface area (Å²) in [5.74, 6) is -0.0221. The third kappa shape index (κ3) is 4.78. The summed E-state index contributed by atoms with van der Waals surface area (Å²) in [4.78, 5) is 11.8. The maximum atomic E-state index is 11.8. The molecule has 2 nitrogen and oxygen atoms in total. The van der Waals surface area contributed by atoms with Gasteiger partial charge in [0.1, 0.15) is 0 Å². The predicted octanol–water partition coefficient (Wildman–Crippen LogP) is 2.76. The van der Waals surface area contributed by atoms with Gasteiger partial charge in [-0.2, -0.15) is 0 Å². The third-order valence-corrected chi connectivity index (χ3v) is 2.04. The lowest BCUT2D eigenvalue weighted by molar-refractivity contribution is -0.117. The number of hydrogen-bond donors (Lipinski definition) is 1. The summed E-state index contributed by atoms with van der Waals surface area (Å²) in [6, 6.07) is 0. The van der Waals surface area contributed by atoms with Gasteiger partial charge in [-0.1, -0.05) is 51.2 Å². The van der Waals surface area contributed by atoms with Crippen molar-refractivity contribution < 1.29 is 4.79 Å². The van der Waals surface area contributed by atoms with Gasteiger partial charge < -0.3 is 5.32 Å². The highest BCUT2D eigenvalue weighted by Gasteiger charge is 2.13. The van der Waals surface area contributed by atoms with E-state index in [1.165, 1.54) is 0 Å². The Morgan fingerprint density at radius 1 is 1.12 bits per heavy atom. The summed E-state index contributed by atoms with van der Waals surface area (Å²) in [6.07, 6.45) is 13.1. The molecule has 1 amide bonds. The fraction of sp³-hybridized carbons (Fsp3) is 0.357. The van der Waals surface area contributed by atoms with Gasteiger partial charge in [-0.3, -0.25) is 4.79 Å². The second kappa shape index (κ2) is 5.50. The zero-order chi connectivity index (χ0) is 12.0. The number of carbonyl (C=O) groups excluding carboxylic acids is 1. The number of allylic oxidation sites excluding steroid dienone is 6. The Labute approximate surface area is 97.4 Å². The molecule has 0 unspecified atom stereocenters. The highest BCUT2D eigenvalue weighted by Crippen LogP contribution is 2.11. The maximum Gasteiger partial charge on any atom is 0.251 e. The summed E-state index contributed by atoms with van der Waals surface area (Å²) in [5.41, 5.74) is 0.793. The van der Waals surface area contributed by atoms with E-state index in [4.69, 9.17) is 0 Å². The molecule has 2 heteroatoms. The van der Waals surface area contributed by atoms with Crippen LogP contribution in [0.1, 0.15) is 20.8 Å². The molecule has 16 heavy (non-hydrogen) atoms. The SMILES string of the molecule is CC(C)(C)CNC(=O)C1=C/C=C\C=C/C=C1. The fourth-order valence-corrected chi connectivity index (χ4v) is 1.17. The average molecular weight is 217 g/mol. The first-order valence-electron chi connectivity index (χ1n) is 5.49. The second-order valence-electron chi connectivity index (χ2n) is 4.99. The highest BCUT2D eigenvalue weighted by atomic mass is 16.1. The van der Waals surface area contributed by atoms with Crippen LogP contribution in [-0.4, -0.2) is 12.5 Å². The lowest BCUT2D eigenvalue weighted by Crippen LogP contribution is -2.32. The zero-order valence-electron chi connectivity index (χ0n) is 10.2. The van der Waals surface area contributed by atoms with Crippen LogP contribution in [0, 0.1) is 5.41 Å². The summed E-state index contributed by atoms with van der Waals surface area (Å²) in [6.45, 7) is 6.96. The van der Waals surface area contributed by atoms with Crippen molar-refractivity contribution >= 4 is 5.91 Å². The van der Waals surface area contributed by atoms with Crippen LogP contribution >= 0.6 is 0 Å². The molecule has 0 aromatic carbocycles. The van der Waals surface area contributed by atoms with Crippen LogP contribution in [0.5, 0.6) is 0 Å². The Kier molecular flexibility index (Phi) is 4.29. The van der Waals surface area contributed by atoms with Crippen LogP contribution in [0.2, 0.25) is 0 Å². The van der Waals surface area contributed by atoms with E-state index >= 15 is 0 Å². The topological polar surface area (TPSA) is 29.1 Å². The van der Waals surface area contributed by atoms with Crippen molar-refractivity contribution in [3.8, 4) is 0 Å². The van der Waals surface area contributed by atoms with Crippen molar-refractivity contribution in [2.24, 2.45) is 5.41 Å². The monoisotopic (exact) mass is 217 g/mol. The fourth-order valence-electron chi connectivity index (χ4n) is 1.17. The summed E-state index contributed by atoms with van der Waals surface area (Å²) >= 11 is 0. The third-order valence-electron chi connectivity index (χ3n) is 2.04. The molecular weight excluding hydrogens is 198 g/mol. The van der Waals surface area contributed by atoms with Gasteiger partial charge in [0.15, 0.2) is 0 Å². The molecule has 86 valence electrons. The number of amides is 1.